The molecule has 0 radical (unpaired) electrons. The molecular formula is C14H26N2O. The van der Waals surface area contributed by atoms with Crippen LogP contribution in [0.3, 0.4) is 0 Å². The van der Waals surface area contributed by atoms with Gasteiger partial charge in [-0.1, -0.05) is 19.3 Å². The molecule has 2 rings (SSSR count). The van der Waals surface area contributed by atoms with Gasteiger partial charge in [-0.15, -0.1) is 0 Å². The van der Waals surface area contributed by atoms with Crippen molar-refractivity contribution in [3.8, 4) is 0 Å². The first kappa shape index (κ1) is 12.9. The molecule has 2 aliphatic rings. The van der Waals surface area contributed by atoms with Crippen LogP contribution in [-0.2, 0) is 4.79 Å². The quantitative estimate of drug-likeness (QED) is 0.749. The first-order valence-corrected chi connectivity index (χ1v) is 6.99. The molecule has 1 N–H and O–H groups in total. The second-order valence-corrected chi connectivity index (χ2v) is 6.65. The van der Waals surface area contributed by atoms with Gasteiger partial charge in [-0.05, 0) is 45.4 Å². The van der Waals surface area contributed by atoms with Crippen LogP contribution < -0.4 is 5.32 Å². The molecule has 1 saturated heterocycles. The number of nitrogens with zero attached hydrogens (tertiary/aromatic N) is 1. The molecular weight excluding hydrogens is 212 g/mol. The van der Waals surface area contributed by atoms with Crippen LogP contribution in [0.5, 0.6) is 0 Å². The fourth-order valence-corrected chi connectivity index (χ4v) is 3.43. The number of hydrogen-bond acceptors (Lipinski definition) is 2. The SMILES string of the molecule is CC(C)(C)N(C=O)[C@H]1C[C@H]2CCCC[C@H]2CN1. The van der Waals surface area contributed by atoms with Crippen molar-refractivity contribution in [1.82, 2.24) is 10.2 Å². The van der Waals surface area contributed by atoms with Crippen molar-refractivity contribution in [2.75, 3.05) is 6.54 Å². The molecule has 2 fully saturated rings. The van der Waals surface area contributed by atoms with Gasteiger partial charge >= 0.3 is 0 Å². The average Bonchev–Trinajstić information content (AvgIpc) is 2.28. The van der Waals surface area contributed by atoms with E-state index in [0.29, 0.717) is 0 Å². The van der Waals surface area contributed by atoms with Crippen molar-refractivity contribution >= 4 is 6.41 Å². The van der Waals surface area contributed by atoms with Crippen LogP contribution in [0.2, 0.25) is 0 Å². The average molecular weight is 238 g/mol. The Bertz CT molecular complexity index is 272. The summed E-state index contributed by atoms with van der Waals surface area (Å²) in [4.78, 5) is 13.3. The summed E-state index contributed by atoms with van der Waals surface area (Å²) in [6, 6.07) is 0. The Balaban J connectivity index is 2.01. The Morgan fingerprint density at radius 1 is 1.18 bits per heavy atom. The Morgan fingerprint density at radius 2 is 1.82 bits per heavy atom. The molecule has 0 aromatic carbocycles. The maximum Gasteiger partial charge on any atom is 0.211 e. The Hall–Kier alpha value is -0.570. The topological polar surface area (TPSA) is 32.3 Å². The largest absolute Gasteiger partial charge is 0.325 e. The number of nitrogens with one attached hydrogen (secondary N) is 1. The van der Waals surface area contributed by atoms with E-state index in [1.54, 1.807) is 0 Å². The Labute approximate surface area is 105 Å². The second-order valence-electron chi connectivity index (χ2n) is 6.65. The Morgan fingerprint density at radius 3 is 2.41 bits per heavy atom. The van der Waals surface area contributed by atoms with Crippen LogP contribution >= 0.6 is 0 Å². The standard InChI is InChI=1S/C14H26N2O/c1-14(2,3)16(10-17)13-8-11-6-4-5-7-12(11)9-15-13/h10-13,15H,4-9H2,1-3H3/t11-,12+,13+/m1/s1. The molecule has 3 nitrogen and oxygen atoms in total. The monoisotopic (exact) mass is 238 g/mol. The zero-order chi connectivity index (χ0) is 12.5. The predicted molar refractivity (Wildman–Crippen MR) is 69.5 cm³/mol. The molecule has 1 aliphatic carbocycles. The van der Waals surface area contributed by atoms with Crippen molar-refractivity contribution in [3.05, 3.63) is 0 Å². The molecule has 1 heterocycles. The van der Waals surface area contributed by atoms with E-state index in [0.717, 1.165) is 31.2 Å². The van der Waals surface area contributed by atoms with Gasteiger partial charge in [0.2, 0.25) is 6.41 Å². The highest BCUT2D eigenvalue weighted by molar-refractivity contribution is 5.49. The minimum absolute atomic E-state index is 0.0824. The van der Waals surface area contributed by atoms with Crippen molar-refractivity contribution in [2.45, 2.75) is 64.6 Å². The maximum absolute atomic E-state index is 11.3. The Kier molecular flexibility index (Phi) is 3.76. The van der Waals surface area contributed by atoms with Gasteiger partial charge < -0.3 is 4.90 Å². The van der Waals surface area contributed by atoms with E-state index in [1.165, 1.54) is 25.7 Å². The highest BCUT2D eigenvalue weighted by atomic mass is 16.1. The van der Waals surface area contributed by atoms with Gasteiger partial charge in [-0.2, -0.15) is 0 Å². The lowest BCUT2D eigenvalue weighted by Gasteiger charge is -2.46. The summed E-state index contributed by atoms with van der Waals surface area (Å²) in [6.45, 7) is 7.41. The van der Waals surface area contributed by atoms with Crippen molar-refractivity contribution < 1.29 is 4.79 Å². The highest BCUT2D eigenvalue weighted by Crippen LogP contribution is 2.36. The molecule has 0 bridgehead atoms. The van der Waals surface area contributed by atoms with Crippen LogP contribution in [0, 0.1) is 11.8 Å². The number of hydrogen-bond donors (Lipinski definition) is 1. The molecule has 98 valence electrons. The molecule has 0 aromatic heterocycles. The summed E-state index contributed by atoms with van der Waals surface area (Å²) in [6.07, 6.45) is 7.91. The zero-order valence-corrected chi connectivity index (χ0v) is 11.4. The summed E-state index contributed by atoms with van der Waals surface area (Å²) in [5, 5.41) is 3.57. The van der Waals surface area contributed by atoms with E-state index in [4.69, 9.17) is 0 Å². The van der Waals surface area contributed by atoms with Crippen LogP contribution in [0.15, 0.2) is 0 Å². The van der Waals surface area contributed by atoms with Crippen molar-refractivity contribution in [3.63, 3.8) is 0 Å². The summed E-state index contributed by atoms with van der Waals surface area (Å²) >= 11 is 0. The van der Waals surface area contributed by atoms with Gasteiger partial charge in [-0.25, -0.2) is 0 Å². The normalized spacial score (nSPS) is 33.9. The number of rotatable bonds is 2. The van der Waals surface area contributed by atoms with Crippen LogP contribution in [0.1, 0.15) is 52.9 Å². The number of fused-ring (bicyclic) bond motifs is 1. The number of amides is 1. The molecule has 0 unspecified atom stereocenters. The summed E-state index contributed by atoms with van der Waals surface area (Å²) < 4.78 is 0. The minimum Gasteiger partial charge on any atom is -0.325 e. The van der Waals surface area contributed by atoms with Gasteiger partial charge in [0.15, 0.2) is 0 Å². The lowest BCUT2D eigenvalue weighted by Crippen LogP contribution is -2.58. The van der Waals surface area contributed by atoms with Gasteiger partial charge in [-0.3, -0.25) is 10.1 Å². The second kappa shape index (κ2) is 4.97. The lowest BCUT2D eigenvalue weighted by atomic mass is 9.74. The minimum atomic E-state index is -0.0824. The van der Waals surface area contributed by atoms with Gasteiger partial charge in [0, 0.05) is 12.1 Å². The van der Waals surface area contributed by atoms with Crippen LogP contribution in [0.4, 0.5) is 0 Å². The van der Waals surface area contributed by atoms with E-state index in [-0.39, 0.29) is 11.7 Å². The predicted octanol–water partition coefficient (Wildman–Crippen LogP) is 2.37. The van der Waals surface area contributed by atoms with E-state index in [2.05, 4.69) is 26.1 Å². The molecule has 3 atom stereocenters. The maximum atomic E-state index is 11.3. The zero-order valence-electron chi connectivity index (χ0n) is 11.4. The third-order valence-electron chi connectivity index (χ3n) is 4.43. The van der Waals surface area contributed by atoms with Gasteiger partial charge in [0.05, 0.1) is 6.17 Å². The smallest absolute Gasteiger partial charge is 0.211 e. The first-order chi connectivity index (χ1) is 8.02. The fourth-order valence-electron chi connectivity index (χ4n) is 3.43. The van der Waals surface area contributed by atoms with Gasteiger partial charge in [0.25, 0.3) is 0 Å². The van der Waals surface area contributed by atoms with E-state index in [1.807, 2.05) is 4.90 Å². The number of piperidine rings is 1. The molecule has 0 spiro atoms. The molecule has 3 heteroatoms. The highest BCUT2D eigenvalue weighted by Gasteiger charge is 2.36. The number of carbonyl (C=O) groups excluding carboxylic acids is 1. The summed E-state index contributed by atoms with van der Waals surface area (Å²) in [7, 11) is 0. The lowest BCUT2D eigenvalue weighted by molar-refractivity contribution is -0.128. The van der Waals surface area contributed by atoms with Gasteiger partial charge in [0.1, 0.15) is 0 Å². The van der Waals surface area contributed by atoms with E-state index in [9.17, 15) is 4.79 Å². The third kappa shape index (κ3) is 2.82. The molecule has 1 amide bonds. The van der Waals surface area contributed by atoms with Crippen LogP contribution in [0.25, 0.3) is 0 Å². The summed E-state index contributed by atoms with van der Waals surface area (Å²) in [5.41, 5.74) is -0.0824. The van der Waals surface area contributed by atoms with E-state index < -0.39 is 0 Å². The van der Waals surface area contributed by atoms with Crippen LogP contribution in [-0.4, -0.2) is 29.6 Å². The molecule has 17 heavy (non-hydrogen) atoms. The fraction of sp³-hybridized carbons (Fsp3) is 0.929. The third-order valence-corrected chi connectivity index (χ3v) is 4.43. The van der Waals surface area contributed by atoms with Crippen molar-refractivity contribution in [2.24, 2.45) is 11.8 Å². The van der Waals surface area contributed by atoms with E-state index >= 15 is 0 Å². The first-order valence-electron chi connectivity index (χ1n) is 6.99. The summed E-state index contributed by atoms with van der Waals surface area (Å²) in [5.74, 6) is 1.69. The molecule has 1 aliphatic heterocycles. The van der Waals surface area contributed by atoms with Crippen molar-refractivity contribution in [1.29, 1.82) is 0 Å². The number of carbonyl (C=O) groups is 1. The molecule has 1 saturated carbocycles. The molecule has 0 aromatic rings.